The molecule has 0 aromatic heterocycles. The molecule has 1 amide bonds. The van der Waals surface area contributed by atoms with Crippen molar-refractivity contribution in [1.82, 2.24) is 9.21 Å². The molecule has 0 aliphatic carbocycles. The van der Waals surface area contributed by atoms with E-state index in [1.807, 2.05) is 25.1 Å². The molecule has 0 atom stereocenters. The highest BCUT2D eigenvalue weighted by atomic mass is 35.5. The molecule has 0 spiro atoms. The van der Waals surface area contributed by atoms with E-state index in [0.29, 0.717) is 31.2 Å². The van der Waals surface area contributed by atoms with Gasteiger partial charge in [-0.2, -0.15) is 4.31 Å². The third kappa shape index (κ3) is 4.59. The molecule has 0 N–H and O–H groups in total. The highest BCUT2D eigenvalue weighted by molar-refractivity contribution is 7.88. The van der Waals surface area contributed by atoms with Crippen molar-refractivity contribution in [2.45, 2.75) is 6.92 Å². The standard InChI is InChI=1S/C15H22ClN3O3S/c1-12-4-5-13(16)10-14(12)18-6-8-19(9-7-18)15(20)11-17(2)23(3,21)22/h4-5,10H,6-9,11H2,1-3H3. The predicted molar refractivity (Wildman–Crippen MR) is 92.5 cm³/mol. The summed E-state index contributed by atoms with van der Waals surface area (Å²) in [5, 5.41) is 0.693. The van der Waals surface area contributed by atoms with Crippen LogP contribution in [0.5, 0.6) is 0 Å². The Kier molecular flexibility index (Phi) is 5.54. The fraction of sp³-hybridized carbons (Fsp3) is 0.533. The molecule has 0 saturated carbocycles. The zero-order valence-corrected chi connectivity index (χ0v) is 15.2. The first-order chi connectivity index (χ1) is 10.7. The average Bonchev–Trinajstić information content (AvgIpc) is 2.49. The lowest BCUT2D eigenvalue weighted by atomic mass is 10.1. The number of hydrogen-bond acceptors (Lipinski definition) is 4. The van der Waals surface area contributed by atoms with Gasteiger partial charge in [-0.05, 0) is 24.6 Å². The fourth-order valence-electron chi connectivity index (χ4n) is 2.53. The van der Waals surface area contributed by atoms with E-state index in [9.17, 15) is 13.2 Å². The summed E-state index contributed by atoms with van der Waals surface area (Å²) in [6.07, 6.45) is 1.10. The second kappa shape index (κ2) is 7.07. The SMILES string of the molecule is Cc1ccc(Cl)cc1N1CCN(C(=O)CN(C)S(C)(=O)=O)CC1. The zero-order chi connectivity index (χ0) is 17.2. The van der Waals surface area contributed by atoms with Gasteiger partial charge in [-0.25, -0.2) is 8.42 Å². The van der Waals surface area contributed by atoms with Crippen molar-refractivity contribution < 1.29 is 13.2 Å². The molecule has 1 aromatic carbocycles. The highest BCUT2D eigenvalue weighted by Crippen LogP contribution is 2.25. The minimum Gasteiger partial charge on any atom is -0.368 e. The number of likely N-dealkylation sites (N-methyl/N-ethyl adjacent to an activating group) is 1. The lowest BCUT2D eigenvalue weighted by Crippen LogP contribution is -2.51. The lowest BCUT2D eigenvalue weighted by molar-refractivity contribution is -0.131. The molecule has 128 valence electrons. The monoisotopic (exact) mass is 359 g/mol. The van der Waals surface area contributed by atoms with Crippen molar-refractivity contribution in [2.75, 3.05) is 50.9 Å². The van der Waals surface area contributed by atoms with Crippen molar-refractivity contribution in [3.05, 3.63) is 28.8 Å². The number of piperazine rings is 1. The van der Waals surface area contributed by atoms with Gasteiger partial charge in [0.15, 0.2) is 0 Å². The number of amides is 1. The Morgan fingerprint density at radius 1 is 1.26 bits per heavy atom. The first-order valence-electron chi connectivity index (χ1n) is 7.38. The topological polar surface area (TPSA) is 60.9 Å². The maximum absolute atomic E-state index is 12.2. The van der Waals surface area contributed by atoms with E-state index in [1.54, 1.807) is 4.90 Å². The minimum atomic E-state index is -3.34. The van der Waals surface area contributed by atoms with Crippen LogP contribution in [0.3, 0.4) is 0 Å². The van der Waals surface area contributed by atoms with Gasteiger partial charge in [-0.1, -0.05) is 17.7 Å². The minimum absolute atomic E-state index is 0.116. The van der Waals surface area contributed by atoms with Crippen LogP contribution < -0.4 is 4.90 Å². The summed E-state index contributed by atoms with van der Waals surface area (Å²) in [6.45, 7) is 4.47. The number of carbonyl (C=O) groups is 1. The third-order valence-corrected chi connectivity index (χ3v) is 5.56. The molecule has 6 nitrogen and oxygen atoms in total. The van der Waals surface area contributed by atoms with E-state index in [1.165, 1.54) is 7.05 Å². The van der Waals surface area contributed by atoms with Gasteiger partial charge in [-0.15, -0.1) is 0 Å². The van der Waals surface area contributed by atoms with Gasteiger partial charge >= 0.3 is 0 Å². The Morgan fingerprint density at radius 3 is 2.43 bits per heavy atom. The van der Waals surface area contributed by atoms with Gasteiger partial charge < -0.3 is 9.80 Å². The smallest absolute Gasteiger partial charge is 0.238 e. The average molecular weight is 360 g/mol. The Balaban J connectivity index is 1.96. The largest absolute Gasteiger partial charge is 0.368 e. The molecule has 0 bridgehead atoms. The molecule has 0 radical (unpaired) electrons. The summed E-state index contributed by atoms with van der Waals surface area (Å²) in [4.78, 5) is 16.1. The van der Waals surface area contributed by atoms with Crippen molar-refractivity contribution in [2.24, 2.45) is 0 Å². The van der Waals surface area contributed by atoms with Crippen LogP contribution in [0.4, 0.5) is 5.69 Å². The summed E-state index contributed by atoms with van der Waals surface area (Å²) < 4.78 is 23.9. The van der Waals surface area contributed by atoms with Gasteiger partial charge in [-0.3, -0.25) is 4.79 Å². The number of nitrogens with zero attached hydrogens (tertiary/aromatic N) is 3. The summed E-state index contributed by atoms with van der Waals surface area (Å²) in [6, 6.07) is 5.78. The van der Waals surface area contributed by atoms with Crippen molar-refractivity contribution in [3.63, 3.8) is 0 Å². The summed E-state index contributed by atoms with van der Waals surface area (Å²) in [5.41, 5.74) is 2.23. The zero-order valence-electron chi connectivity index (χ0n) is 13.6. The molecule has 1 fully saturated rings. The molecule has 23 heavy (non-hydrogen) atoms. The highest BCUT2D eigenvalue weighted by Gasteiger charge is 2.24. The number of sulfonamides is 1. The number of halogens is 1. The third-order valence-electron chi connectivity index (χ3n) is 4.07. The molecule has 1 aliphatic heterocycles. The van der Waals surface area contributed by atoms with Crippen LogP contribution in [-0.2, 0) is 14.8 Å². The summed E-state index contributed by atoms with van der Waals surface area (Å²) in [5.74, 6) is -0.166. The van der Waals surface area contributed by atoms with Gasteiger partial charge in [0.1, 0.15) is 0 Å². The van der Waals surface area contributed by atoms with Crippen LogP contribution in [0.25, 0.3) is 0 Å². The van der Waals surface area contributed by atoms with Crippen LogP contribution in [0, 0.1) is 6.92 Å². The van der Waals surface area contributed by atoms with Crippen LogP contribution in [-0.4, -0.2) is 69.6 Å². The molecule has 8 heteroatoms. The number of benzene rings is 1. The lowest BCUT2D eigenvalue weighted by Gasteiger charge is -2.37. The fourth-order valence-corrected chi connectivity index (χ4v) is 3.04. The van der Waals surface area contributed by atoms with Crippen molar-refractivity contribution >= 4 is 33.2 Å². The number of anilines is 1. The van der Waals surface area contributed by atoms with Crippen LogP contribution in [0.2, 0.25) is 5.02 Å². The molecule has 0 unspecified atom stereocenters. The van der Waals surface area contributed by atoms with E-state index in [0.717, 1.165) is 21.8 Å². The van der Waals surface area contributed by atoms with Gasteiger partial charge in [0, 0.05) is 43.9 Å². The van der Waals surface area contributed by atoms with E-state index in [-0.39, 0.29) is 12.5 Å². The van der Waals surface area contributed by atoms with Crippen LogP contribution >= 0.6 is 11.6 Å². The van der Waals surface area contributed by atoms with Gasteiger partial charge in [0.25, 0.3) is 0 Å². The van der Waals surface area contributed by atoms with E-state index >= 15 is 0 Å². The predicted octanol–water partition coefficient (Wildman–Crippen LogP) is 1.19. The van der Waals surface area contributed by atoms with Crippen LogP contribution in [0.15, 0.2) is 18.2 Å². The van der Waals surface area contributed by atoms with E-state index < -0.39 is 10.0 Å². The number of rotatable bonds is 4. The van der Waals surface area contributed by atoms with E-state index in [4.69, 9.17) is 11.6 Å². The Morgan fingerprint density at radius 2 is 1.87 bits per heavy atom. The molecule has 1 heterocycles. The Labute approximate surface area is 142 Å². The normalized spacial score (nSPS) is 16.0. The Bertz CT molecular complexity index is 685. The molecule has 1 aromatic rings. The summed E-state index contributed by atoms with van der Waals surface area (Å²) >= 11 is 6.06. The Hall–Kier alpha value is -1.31. The number of hydrogen-bond donors (Lipinski definition) is 0. The number of carbonyl (C=O) groups excluding carboxylic acids is 1. The van der Waals surface area contributed by atoms with Crippen molar-refractivity contribution in [3.8, 4) is 0 Å². The molecular weight excluding hydrogens is 338 g/mol. The van der Waals surface area contributed by atoms with E-state index in [2.05, 4.69) is 4.90 Å². The second-order valence-electron chi connectivity index (χ2n) is 5.82. The molecule has 2 rings (SSSR count). The second-order valence-corrected chi connectivity index (χ2v) is 8.34. The maximum atomic E-state index is 12.2. The summed E-state index contributed by atoms with van der Waals surface area (Å²) in [7, 11) is -1.92. The first-order valence-corrected chi connectivity index (χ1v) is 9.61. The van der Waals surface area contributed by atoms with Gasteiger partial charge in [0.05, 0.1) is 12.8 Å². The van der Waals surface area contributed by atoms with Crippen LogP contribution in [0.1, 0.15) is 5.56 Å². The molecular formula is C15H22ClN3O3S. The first kappa shape index (κ1) is 18.0. The molecule has 1 saturated heterocycles. The maximum Gasteiger partial charge on any atom is 0.238 e. The molecule has 1 aliphatic rings. The van der Waals surface area contributed by atoms with Crippen molar-refractivity contribution in [1.29, 1.82) is 0 Å². The number of aryl methyl sites for hydroxylation is 1. The van der Waals surface area contributed by atoms with Gasteiger partial charge in [0.2, 0.25) is 15.9 Å². The quantitative estimate of drug-likeness (QED) is 0.810.